The van der Waals surface area contributed by atoms with Crippen LogP contribution in [0.4, 0.5) is 0 Å². The van der Waals surface area contributed by atoms with Crippen molar-refractivity contribution < 1.29 is 29.3 Å². The molecule has 0 radical (unpaired) electrons. The highest BCUT2D eigenvalue weighted by Crippen LogP contribution is 2.04. The van der Waals surface area contributed by atoms with Gasteiger partial charge in [-0.05, 0) is 13.8 Å². The lowest BCUT2D eigenvalue weighted by atomic mass is 10.4. The molecule has 2 rings (SSSR count). The third-order valence-corrected chi connectivity index (χ3v) is 3.53. The molecular formula is C16H24N4O6. The largest absolute Gasteiger partial charge is 0.468 e. The highest BCUT2D eigenvalue weighted by atomic mass is 16.5. The zero-order chi connectivity index (χ0) is 19.7. The van der Waals surface area contributed by atoms with Crippen LogP contribution in [0.15, 0.2) is 12.4 Å². The lowest BCUT2D eigenvalue weighted by molar-refractivity contribution is -0.142. The zero-order valence-corrected chi connectivity index (χ0v) is 15.3. The van der Waals surface area contributed by atoms with Crippen molar-refractivity contribution in [2.24, 2.45) is 0 Å². The molecule has 0 amide bonds. The van der Waals surface area contributed by atoms with E-state index >= 15 is 0 Å². The second-order valence-corrected chi connectivity index (χ2v) is 5.26. The summed E-state index contributed by atoms with van der Waals surface area (Å²) in [6.07, 6.45) is 3.17. The van der Waals surface area contributed by atoms with Gasteiger partial charge in [0, 0.05) is 6.20 Å². The number of aliphatic hydroxyl groups excluding tert-OH is 2. The molecule has 10 heteroatoms. The van der Waals surface area contributed by atoms with Crippen molar-refractivity contribution in [1.82, 2.24) is 19.1 Å². The number of hydrogen-bond acceptors (Lipinski definition) is 8. The van der Waals surface area contributed by atoms with E-state index in [2.05, 4.69) is 19.4 Å². The fraction of sp³-hybridized carbons (Fsp3) is 0.500. The normalized spacial score (nSPS) is 10.1. The molecule has 0 aromatic carbocycles. The van der Waals surface area contributed by atoms with Gasteiger partial charge in [0.25, 0.3) is 0 Å². The number of rotatable bonds is 6. The molecule has 0 spiro atoms. The van der Waals surface area contributed by atoms with Crippen LogP contribution in [-0.4, -0.2) is 55.5 Å². The Labute approximate surface area is 151 Å². The van der Waals surface area contributed by atoms with E-state index < -0.39 is 0 Å². The SMILES string of the molecule is COC(=O)Cn1c(CO)cnc1C.COC(=O)Cn1cc(CO)nc1C. The first-order chi connectivity index (χ1) is 12.4. The minimum atomic E-state index is -0.351. The van der Waals surface area contributed by atoms with Crippen molar-refractivity contribution in [3.63, 3.8) is 0 Å². The van der Waals surface area contributed by atoms with Crippen molar-refractivity contribution >= 4 is 11.9 Å². The van der Waals surface area contributed by atoms with Crippen LogP contribution in [0, 0.1) is 13.8 Å². The van der Waals surface area contributed by atoms with Crippen molar-refractivity contribution in [3.8, 4) is 0 Å². The maximum Gasteiger partial charge on any atom is 0.325 e. The zero-order valence-electron chi connectivity index (χ0n) is 15.3. The Morgan fingerprint density at radius 2 is 1.65 bits per heavy atom. The summed E-state index contributed by atoms with van der Waals surface area (Å²) in [4.78, 5) is 29.8. The Balaban J connectivity index is 0.000000260. The molecule has 0 saturated carbocycles. The summed E-state index contributed by atoms with van der Waals surface area (Å²) in [5, 5.41) is 17.7. The van der Waals surface area contributed by atoms with Gasteiger partial charge >= 0.3 is 11.9 Å². The fourth-order valence-electron chi connectivity index (χ4n) is 2.07. The monoisotopic (exact) mass is 368 g/mol. The number of ether oxygens (including phenoxy) is 2. The third-order valence-electron chi connectivity index (χ3n) is 3.53. The lowest BCUT2D eigenvalue weighted by Crippen LogP contribution is -2.15. The van der Waals surface area contributed by atoms with Crippen LogP contribution in [0.25, 0.3) is 0 Å². The summed E-state index contributed by atoms with van der Waals surface area (Å²) in [7, 11) is 2.66. The molecule has 2 aromatic rings. The quantitative estimate of drug-likeness (QED) is 0.666. The number of aliphatic hydroxyl groups is 2. The number of methoxy groups -OCH3 is 2. The number of nitrogens with zero attached hydrogens (tertiary/aromatic N) is 4. The van der Waals surface area contributed by atoms with E-state index in [9.17, 15) is 9.59 Å². The molecule has 0 aliphatic heterocycles. The molecule has 0 bridgehead atoms. The summed E-state index contributed by atoms with van der Waals surface area (Å²) in [6.45, 7) is 3.52. The van der Waals surface area contributed by atoms with E-state index in [-0.39, 0.29) is 38.2 Å². The molecule has 0 fully saturated rings. The minimum Gasteiger partial charge on any atom is -0.468 e. The number of aromatic nitrogens is 4. The van der Waals surface area contributed by atoms with Gasteiger partial charge in [-0.1, -0.05) is 0 Å². The number of hydrogen-bond donors (Lipinski definition) is 2. The Morgan fingerprint density at radius 3 is 2.15 bits per heavy atom. The summed E-state index contributed by atoms with van der Waals surface area (Å²) in [5.41, 5.74) is 1.17. The Kier molecular flexibility index (Phi) is 8.46. The molecular weight excluding hydrogens is 344 g/mol. The van der Waals surface area contributed by atoms with E-state index in [4.69, 9.17) is 10.2 Å². The van der Waals surface area contributed by atoms with E-state index in [0.29, 0.717) is 23.0 Å². The molecule has 26 heavy (non-hydrogen) atoms. The molecule has 2 aromatic heterocycles. The maximum atomic E-state index is 10.9. The van der Waals surface area contributed by atoms with E-state index in [1.54, 1.807) is 29.2 Å². The second-order valence-electron chi connectivity index (χ2n) is 5.26. The van der Waals surface area contributed by atoms with Crippen LogP contribution >= 0.6 is 0 Å². The third kappa shape index (κ3) is 5.97. The van der Waals surface area contributed by atoms with Crippen molar-refractivity contribution in [1.29, 1.82) is 0 Å². The molecule has 0 aliphatic carbocycles. The van der Waals surface area contributed by atoms with Crippen LogP contribution in [0.3, 0.4) is 0 Å². The summed E-state index contributed by atoms with van der Waals surface area (Å²) < 4.78 is 12.3. The number of carbonyl (C=O) groups excluding carboxylic acids is 2. The summed E-state index contributed by atoms with van der Waals surface area (Å²) in [5.74, 6) is 0.699. The van der Waals surface area contributed by atoms with Crippen molar-refractivity contribution in [2.75, 3.05) is 14.2 Å². The van der Waals surface area contributed by atoms with Crippen molar-refractivity contribution in [2.45, 2.75) is 40.2 Å². The van der Waals surface area contributed by atoms with Gasteiger partial charge in [0.1, 0.15) is 24.7 Å². The Bertz CT molecular complexity index is 737. The average Bonchev–Trinajstić information content (AvgIpc) is 3.17. The van der Waals surface area contributed by atoms with Gasteiger partial charge in [0.05, 0.1) is 45.0 Å². The number of aryl methyl sites for hydroxylation is 2. The first-order valence-electron chi connectivity index (χ1n) is 7.75. The Morgan fingerprint density at radius 1 is 1.04 bits per heavy atom. The van der Waals surface area contributed by atoms with Gasteiger partial charge in [0.2, 0.25) is 0 Å². The van der Waals surface area contributed by atoms with Gasteiger partial charge in [-0.2, -0.15) is 0 Å². The van der Waals surface area contributed by atoms with Crippen LogP contribution < -0.4 is 0 Å². The van der Waals surface area contributed by atoms with Crippen LogP contribution in [0.5, 0.6) is 0 Å². The van der Waals surface area contributed by atoms with E-state index in [0.717, 1.165) is 0 Å². The first-order valence-corrected chi connectivity index (χ1v) is 7.75. The standard InChI is InChI=1S/2C8H12N2O3/c1-6-9-7(5-11)3-10(6)4-8(12)13-2;1-6-9-3-7(5-11)10(6)4-8(12)13-2/h2*3,11H,4-5H2,1-2H3. The molecule has 10 nitrogen and oxygen atoms in total. The minimum absolute atomic E-state index is 0.0955. The summed E-state index contributed by atoms with van der Waals surface area (Å²) >= 11 is 0. The molecule has 0 aliphatic rings. The number of esters is 2. The number of imidazole rings is 2. The molecule has 2 N–H and O–H groups in total. The number of carbonyl (C=O) groups is 2. The highest BCUT2D eigenvalue weighted by Gasteiger charge is 2.09. The van der Waals surface area contributed by atoms with Crippen LogP contribution in [0.1, 0.15) is 23.0 Å². The first kappa shape index (κ1) is 21.3. The topological polar surface area (TPSA) is 129 Å². The van der Waals surface area contributed by atoms with Gasteiger partial charge in [-0.25, -0.2) is 9.97 Å². The fourth-order valence-corrected chi connectivity index (χ4v) is 2.07. The predicted molar refractivity (Wildman–Crippen MR) is 89.8 cm³/mol. The summed E-state index contributed by atoms with van der Waals surface area (Å²) in [6, 6.07) is 0. The van der Waals surface area contributed by atoms with Crippen LogP contribution in [0.2, 0.25) is 0 Å². The molecule has 0 saturated heterocycles. The average molecular weight is 368 g/mol. The van der Waals surface area contributed by atoms with Gasteiger partial charge in [0.15, 0.2) is 0 Å². The highest BCUT2D eigenvalue weighted by molar-refractivity contribution is 5.69. The smallest absolute Gasteiger partial charge is 0.325 e. The van der Waals surface area contributed by atoms with Gasteiger partial charge < -0.3 is 28.8 Å². The van der Waals surface area contributed by atoms with E-state index in [1.807, 2.05) is 0 Å². The second kappa shape index (κ2) is 10.3. The van der Waals surface area contributed by atoms with Gasteiger partial charge in [-0.3, -0.25) is 9.59 Å². The van der Waals surface area contributed by atoms with E-state index in [1.165, 1.54) is 20.4 Å². The van der Waals surface area contributed by atoms with Crippen molar-refractivity contribution in [3.05, 3.63) is 35.4 Å². The van der Waals surface area contributed by atoms with Gasteiger partial charge in [-0.15, -0.1) is 0 Å². The lowest BCUT2D eigenvalue weighted by Gasteiger charge is -2.06. The molecule has 0 atom stereocenters. The van der Waals surface area contributed by atoms with Crippen LogP contribution in [-0.2, 0) is 45.4 Å². The Hall–Kier alpha value is -2.72. The predicted octanol–water partition coefficient (Wildman–Crippen LogP) is -0.286. The maximum absolute atomic E-state index is 10.9. The molecule has 0 unspecified atom stereocenters. The molecule has 2 heterocycles. The molecule has 144 valence electrons.